The van der Waals surface area contributed by atoms with Crippen LogP contribution < -0.4 is 9.64 Å². The lowest BCUT2D eigenvalue weighted by molar-refractivity contribution is -0.132. The molecule has 1 saturated heterocycles. The van der Waals surface area contributed by atoms with Crippen LogP contribution in [-0.2, 0) is 4.79 Å². The monoisotopic (exact) mass is 399 g/mol. The normalized spacial score (nSPS) is 16.9. The van der Waals surface area contributed by atoms with Crippen molar-refractivity contribution >= 4 is 23.5 Å². The first-order valence-corrected chi connectivity index (χ1v) is 11.0. The number of aromatic nitrogens is 1. The van der Waals surface area contributed by atoms with Crippen molar-refractivity contribution in [1.82, 2.24) is 9.88 Å². The van der Waals surface area contributed by atoms with E-state index in [0.717, 1.165) is 43.3 Å². The Hall–Kier alpha value is -2.21. The Kier molecular flexibility index (Phi) is 7.60. The van der Waals surface area contributed by atoms with Gasteiger partial charge in [0.25, 0.3) is 0 Å². The van der Waals surface area contributed by atoms with Gasteiger partial charge in [-0.05, 0) is 36.2 Å². The number of likely N-dealkylation sites (N-methyl/N-ethyl adjacent to an activating group) is 1. The van der Waals surface area contributed by atoms with E-state index in [0.29, 0.717) is 13.0 Å². The van der Waals surface area contributed by atoms with Crippen LogP contribution in [0, 0.1) is 0 Å². The second-order valence-corrected chi connectivity index (χ2v) is 8.13. The molecule has 3 rings (SSSR count). The minimum Gasteiger partial charge on any atom is -0.492 e. The SMILES string of the molecule is CCCCN1C(=O)CCSC1c1ccc(OCCN(C)c2ccccn2)cc1. The third-order valence-corrected chi connectivity index (χ3v) is 6.13. The molecule has 1 aliphatic heterocycles. The van der Waals surface area contributed by atoms with E-state index >= 15 is 0 Å². The average Bonchev–Trinajstić information content (AvgIpc) is 2.74. The maximum absolute atomic E-state index is 12.4. The van der Waals surface area contributed by atoms with Crippen molar-refractivity contribution in [3.63, 3.8) is 0 Å². The molecule has 1 amide bonds. The van der Waals surface area contributed by atoms with Gasteiger partial charge in [0, 0.05) is 32.0 Å². The van der Waals surface area contributed by atoms with Crippen molar-refractivity contribution in [1.29, 1.82) is 0 Å². The fourth-order valence-corrected chi connectivity index (χ4v) is 4.46. The van der Waals surface area contributed by atoms with Gasteiger partial charge in [0.05, 0.1) is 6.54 Å². The maximum Gasteiger partial charge on any atom is 0.224 e. The lowest BCUT2D eigenvalue weighted by Gasteiger charge is -2.35. The summed E-state index contributed by atoms with van der Waals surface area (Å²) in [7, 11) is 2.01. The zero-order valence-electron chi connectivity index (χ0n) is 16.7. The second kappa shape index (κ2) is 10.4. The zero-order chi connectivity index (χ0) is 19.8. The van der Waals surface area contributed by atoms with Crippen molar-refractivity contribution in [2.24, 2.45) is 0 Å². The van der Waals surface area contributed by atoms with Crippen molar-refractivity contribution in [2.75, 3.05) is 37.4 Å². The summed E-state index contributed by atoms with van der Waals surface area (Å²) in [4.78, 5) is 20.8. The third kappa shape index (κ3) is 5.41. The quantitative estimate of drug-likeness (QED) is 0.627. The molecular weight excluding hydrogens is 370 g/mol. The highest BCUT2D eigenvalue weighted by Gasteiger charge is 2.29. The number of hydrogen-bond donors (Lipinski definition) is 0. The van der Waals surface area contributed by atoms with Gasteiger partial charge in [0.15, 0.2) is 0 Å². The highest BCUT2D eigenvalue weighted by molar-refractivity contribution is 7.99. The highest BCUT2D eigenvalue weighted by atomic mass is 32.2. The number of anilines is 1. The molecule has 0 N–H and O–H groups in total. The van der Waals surface area contributed by atoms with E-state index in [1.807, 2.05) is 54.0 Å². The van der Waals surface area contributed by atoms with Crippen LogP contribution in [0.5, 0.6) is 5.75 Å². The molecule has 0 aliphatic carbocycles. The molecular formula is C22H29N3O2S. The molecule has 5 nitrogen and oxygen atoms in total. The fourth-order valence-electron chi connectivity index (χ4n) is 3.19. The zero-order valence-corrected chi connectivity index (χ0v) is 17.5. The fraction of sp³-hybridized carbons (Fsp3) is 0.455. The summed E-state index contributed by atoms with van der Waals surface area (Å²) >= 11 is 1.85. The number of thioether (sulfide) groups is 1. The van der Waals surface area contributed by atoms with Crippen molar-refractivity contribution in [3.8, 4) is 5.75 Å². The molecule has 2 heterocycles. The van der Waals surface area contributed by atoms with Gasteiger partial charge in [-0.15, -0.1) is 11.8 Å². The van der Waals surface area contributed by atoms with Gasteiger partial charge in [-0.3, -0.25) is 4.79 Å². The Morgan fingerprint density at radius 2 is 2.07 bits per heavy atom. The smallest absolute Gasteiger partial charge is 0.224 e. The number of ether oxygens (including phenoxy) is 1. The van der Waals surface area contributed by atoms with E-state index in [-0.39, 0.29) is 11.3 Å². The minimum atomic E-state index is 0.122. The van der Waals surface area contributed by atoms with E-state index < -0.39 is 0 Å². The van der Waals surface area contributed by atoms with Crippen LogP contribution in [0.25, 0.3) is 0 Å². The number of unbranched alkanes of at least 4 members (excludes halogenated alkanes) is 1. The van der Waals surface area contributed by atoms with Gasteiger partial charge in [-0.25, -0.2) is 4.98 Å². The summed E-state index contributed by atoms with van der Waals surface area (Å²) in [6.45, 7) is 4.35. The summed E-state index contributed by atoms with van der Waals surface area (Å²) in [5.41, 5.74) is 1.17. The number of rotatable bonds is 9. The molecule has 1 fully saturated rings. The summed E-state index contributed by atoms with van der Waals surface area (Å²) in [5.74, 6) is 2.96. The Morgan fingerprint density at radius 3 is 2.79 bits per heavy atom. The third-order valence-electron chi connectivity index (χ3n) is 4.85. The summed E-state index contributed by atoms with van der Waals surface area (Å²) < 4.78 is 5.90. The lowest BCUT2D eigenvalue weighted by atomic mass is 10.1. The van der Waals surface area contributed by atoms with Crippen molar-refractivity contribution in [2.45, 2.75) is 31.6 Å². The molecule has 1 atom stereocenters. The number of carbonyl (C=O) groups excluding carboxylic acids is 1. The Morgan fingerprint density at radius 1 is 1.25 bits per heavy atom. The molecule has 1 aliphatic rings. The number of amides is 1. The summed E-state index contributed by atoms with van der Waals surface area (Å²) in [6.07, 6.45) is 4.59. The Balaban J connectivity index is 1.54. The first-order valence-electron chi connectivity index (χ1n) is 9.95. The van der Waals surface area contributed by atoms with E-state index in [9.17, 15) is 4.79 Å². The van der Waals surface area contributed by atoms with Gasteiger partial charge in [0.1, 0.15) is 23.5 Å². The van der Waals surface area contributed by atoms with Crippen LogP contribution >= 0.6 is 11.8 Å². The number of pyridine rings is 1. The van der Waals surface area contributed by atoms with E-state index in [1.54, 1.807) is 6.20 Å². The first-order chi connectivity index (χ1) is 13.7. The lowest BCUT2D eigenvalue weighted by Crippen LogP contribution is -2.37. The van der Waals surface area contributed by atoms with Crippen LogP contribution in [0.1, 0.15) is 37.1 Å². The molecule has 6 heteroatoms. The standard InChI is InChI=1S/C22H29N3O2S/c1-3-4-14-25-21(26)12-17-28-22(25)18-8-10-19(11-9-18)27-16-15-24(2)20-7-5-6-13-23-20/h5-11,13,22H,3-4,12,14-17H2,1-2H3. The summed E-state index contributed by atoms with van der Waals surface area (Å²) in [6, 6.07) is 14.1. The van der Waals surface area contributed by atoms with E-state index in [1.165, 1.54) is 5.56 Å². The van der Waals surface area contributed by atoms with E-state index in [2.05, 4.69) is 28.9 Å². The maximum atomic E-state index is 12.4. The molecule has 1 aromatic heterocycles. The molecule has 0 spiro atoms. The van der Waals surface area contributed by atoms with Gasteiger partial charge >= 0.3 is 0 Å². The van der Waals surface area contributed by atoms with Crippen molar-refractivity contribution < 1.29 is 9.53 Å². The number of hydrogen-bond acceptors (Lipinski definition) is 5. The molecule has 1 unspecified atom stereocenters. The average molecular weight is 400 g/mol. The van der Waals surface area contributed by atoms with Crippen molar-refractivity contribution in [3.05, 3.63) is 54.2 Å². The second-order valence-electron chi connectivity index (χ2n) is 6.94. The molecule has 0 radical (unpaired) electrons. The molecule has 0 bridgehead atoms. The molecule has 2 aromatic rings. The first kappa shape index (κ1) is 20.5. The van der Waals surface area contributed by atoms with Gasteiger partial charge in [-0.2, -0.15) is 0 Å². The van der Waals surface area contributed by atoms with Crippen LogP contribution in [0.3, 0.4) is 0 Å². The molecule has 150 valence electrons. The van der Waals surface area contributed by atoms with Gasteiger partial charge < -0.3 is 14.5 Å². The predicted molar refractivity (Wildman–Crippen MR) is 116 cm³/mol. The number of carbonyl (C=O) groups is 1. The highest BCUT2D eigenvalue weighted by Crippen LogP contribution is 2.37. The predicted octanol–water partition coefficient (Wildman–Crippen LogP) is 4.36. The number of nitrogens with zero attached hydrogens (tertiary/aromatic N) is 3. The minimum absolute atomic E-state index is 0.122. The van der Waals surface area contributed by atoms with Gasteiger partial charge in [0.2, 0.25) is 5.91 Å². The topological polar surface area (TPSA) is 45.7 Å². The van der Waals surface area contributed by atoms with Crippen LogP contribution in [0.4, 0.5) is 5.82 Å². The van der Waals surface area contributed by atoms with Crippen LogP contribution in [0.2, 0.25) is 0 Å². The number of benzene rings is 1. The Labute approximate surface area is 172 Å². The van der Waals surface area contributed by atoms with E-state index in [4.69, 9.17) is 4.74 Å². The molecule has 0 saturated carbocycles. The molecule has 28 heavy (non-hydrogen) atoms. The largest absolute Gasteiger partial charge is 0.492 e. The van der Waals surface area contributed by atoms with Crippen LogP contribution in [-0.4, -0.2) is 48.3 Å². The summed E-state index contributed by atoms with van der Waals surface area (Å²) in [5, 5.41) is 0.122. The van der Waals surface area contributed by atoms with Crippen LogP contribution in [0.15, 0.2) is 48.7 Å². The Bertz CT molecular complexity index is 739. The van der Waals surface area contributed by atoms with Gasteiger partial charge in [-0.1, -0.05) is 31.5 Å². The molecule has 1 aromatic carbocycles.